The number of hydrogen-bond donors (Lipinski definition) is 0. The van der Waals surface area contributed by atoms with Gasteiger partial charge in [-0.25, -0.2) is 4.74 Å². The van der Waals surface area contributed by atoms with Gasteiger partial charge >= 0.3 is 0 Å². The zero-order valence-electron chi connectivity index (χ0n) is 16.0. The van der Waals surface area contributed by atoms with Crippen LogP contribution in [0.15, 0.2) is 55.6 Å². The Balaban J connectivity index is 1.82. The molecule has 6 nitrogen and oxygen atoms in total. The predicted molar refractivity (Wildman–Crippen MR) is 104 cm³/mol. The van der Waals surface area contributed by atoms with Crippen LogP contribution >= 0.6 is 0 Å². The molecule has 2 aliphatic rings. The van der Waals surface area contributed by atoms with Gasteiger partial charge in [0, 0.05) is 18.7 Å². The molecule has 2 heterocycles. The van der Waals surface area contributed by atoms with Crippen molar-refractivity contribution in [1.82, 2.24) is 4.90 Å². The van der Waals surface area contributed by atoms with E-state index in [1.54, 1.807) is 6.21 Å². The maximum atomic E-state index is 12.5. The number of fused-ring (bicyclic) bond motifs is 1. The summed E-state index contributed by atoms with van der Waals surface area (Å²) in [5, 5.41) is 12.5. The second-order valence-corrected chi connectivity index (χ2v) is 7.30. The van der Waals surface area contributed by atoms with Gasteiger partial charge in [-0.1, -0.05) is 42.5 Å². The first-order valence-electron chi connectivity index (χ1n) is 9.23. The number of nitrogens with zero attached hydrogens (tertiary/aromatic N) is 2. The quantitative estimate of drug-likeness (QED) is 0.231. The van der Waals surface area contributed by atoms with Crippen LogP contribution in [0.5, 0.6) is 0 Å². The summed E-state index contributed by atoms with van der Waals surface area (Å²) in [5.41, 5.74) is 0.946. The van der Waals surface area contributed by atoms with E-state index in [1.165, 1.54) is 0 Å². The molecule has 1 aromatic carbocycles. The minimum atomic E-state index is -0.715. The Hall–Kier alpha value is -1.99. The van der Waals surface area contributed by atoms with E-state index in [4.69, 9.17) is 14.2 Å². The molecule has 0 bridgehead atoms. The molecular formula is C21H28N2O4. The van der Waals surface area contributed by atoms with Crippen molar-refractivity contribution in [3.8, 4) is 0 Å². The molecule has 146 valence electrons. The van der Waals surface area contributed by atoms with Gasteiger partial charge in [-0.05, 0) is 13.8 Å². The van der Waals surface area contributed by atoms with E-state index in [1.807, 2.05) is 56.3 Å². The van der Waals surface area contributed by atoms with Crippen molar-refractivity contribution in [3.63, 3.8) is 0 Å². The molecule has 0 amide bonds. The van der Waals surface area contributed by atoms with Crippen molar-refractivity contribution in [1.29, 1.82) is 0 Å². The highest BCUT2D eigenvalue weighted by atomic mass is 16.8. The second-order valence-electron chi connectivity index (χ2n) is 7.30. The number of hydroxylamine groups is 1. The maximum absolute atomic E-state index is 12.5. The van der Waals surface area contributed by atoms with Crippen molar-refractivity contribution in [3.05, 3.63) is 66.4 Å². The van der Waals surface area contributed by atoms with Gasteiger partial charge in [-0.15, -0.1) is 13.2 Å². The van der Waals surface area contributed by atoms with Crippen LogP contribution in [-0.2, 0) is 20.8 Å². The van der Waals surface area contributed by atoms with Crippen LogP contribution in [0.4, 0.5) is 0 Å². The van der Waals surface area contributed by atoms with Crippen LogP contribution < -0.4 is 0 Å². The molecular weight excluding hydrogens is 344 g/mol. The molecule has 2 saturated heterocycles. The number of benzene rings is 1. The summed E-state index contributed by atoms with van der Waals surface area (Å²) < 4.78 is 18.9. The summed E-state index contributed by atoms with van der Waals surface area (Å²) in [4.78, 5) is 2.15. The van der Waals surface area contributed by atoms with E-state index >= 15 is 0 Å². The average molecular weight is 372 g/mol. The van der Waals surface area contributed by atoms with Gasteiger partial charge in [0.2, 0.25) is 0 Å². The van der Waals surface area contributed by atoms with Crippen molar-refractivity contribution in [2.45, 2.75) is 50.7 Å². The van der Waals surface area contributed by atoms with Gasteiger partial charge in [0.05, 0.1) is 6.04 Å². The minimum Gasteiger partial charge on any atom is -0.624 e. The minimum absolute atomic E-state index is 0.167. The summed E-state index contributed by atoms with van der Waals surface area (Å²) in [6, 6.07) is 9.45. The highest BCUT2D eigenvalue weighted by molar-refractivity contribution is 5.60. The van der Waals surface area contributed by atoms with Crippen molar-refractivity contribution >= 4 is 6.21 Å². The van der Waals surface area contributed by atoms with E-state index in [2.05, 4.69) is 18.1 Å². The molecule has 3 rings (SSSR count). The average Bonchev–Trinajstić information content (AvgIpc) is 3.06. The molecule has 27 heavy (non-hydrogen) atoms. The van der Waals surface area contributed by atoms with Crippen molar-refractivity contribution in [2.24, 2.45) is 0 Å². The van der Waals surface area contributed by atoms with Crippen LogP contribution in [0.25, 0.3) is 0 Å². The van der Waals surface area contributed by atoms with Crippen LogP contribution in [0.1, 0.15) is 19.4 Å². The summed E-state index contributed by atoms with van der Waals surface area (Å²) in [6.45, 7) is 12.9. The molecule has 0 unspecified atom stereocenters. The third kappa shape index (κ3) is 4.65. The monoisotopic (exact) mass is 372 g/mol. The first kappa shape index (κ1) is 19.8. The van der Waals surface area contributed by atoms with Crippen LogP contribution in [0.3, 0.4) is 0 Å². The Morgan fingerprint density at radius 3 is 2.44 bits per heavy atom. The Morgan fingerprint density at radius 2 is 1.81 bits per heavy atom. The smallest absolute Gasteiger partial charge is 0.189 e. The summed E-state index contributed by atoms with van der Waals surface area (Å²) >= 11 is 0. The maximum Gasteiger partial charge on any atom is 0.189 e. The normalized spacial score (nSPS) is 29.7. The van der Waals surface area contributed by atoms with Gasteiger partial charge in [0.25, 0.3) is 0 Å². The number of rotatable bonds is 8. The SMILES string of the molecule is C=CCN(CC=C)[C@H]1[C@H]2OC(C)(C)O[C@H]2O[C@@H]1/C=[N+](/[O-])Cc1ccccc1. The standard InChI is InChI=1S/C21H28N2O4/c1-5-12-22(13-6-2)18-17(25-20-19(18)26-21(3,4)27-20)15-23(24)14-16-10-8-7-9-11-16/h5-11,15,17-20H,1-2,12-14H2,3-4H3/b23-15+/t17-,18-,19-,20-/m1/s1. The number of hydrogen-bond acceptors (Lipinski definition) is 5. The van der Waals surface area contributed by atoms with E-state index in [0.717, 1.165) is 10.3 Å². The molecule has 0 spiro atoms. The zero-order valence-corrected chi connectivity index (χ0v) is 16.0. The van der Waals surface area contributed by atoms with Crippen molar-refractivity contribution in [2.75, 3.05) is 13.1 Å². The highest BCUT2D eigenvalue weighted by Crippen LogP contribution is 2.39. The zero-order chi connectivity index (χ0) is 19.4. The van der Waals surface area contributed by atoms with Gasteiger partial charge < -0.3 is 19.4 Å². The lowest BCUT2D eigenvalue weighted by atomic mass is 10.1. The van der Waals surface area contributed by atoms with E-state index in [9.17, 15) is 5.21 Å². The molecule has 2 fully saturated rings. The van der Waals surface area contributed by atoms with Gasteiger partial charge in [0.15, 0.2) is 30.9 Å². The van der Waals surface area contributed by atoms with Crippen LogP contribution in [-0.4, -0.2) is 59.3 Å². The largest absolute Gasteiger partial charge is 0.624 e. The molecule has 6 heteroatoms. The topological polar surface area (TPSA) is 57.0 Å². The lowest BCUT2D eigenvalue weighted by Gasteiger charge is -2.32. The molecule has 2 aliphatic heterocycles. The molecule has 0 radical (unpaired) electrons. The fourth-order valence-electron chi connectivity index (χ4n) is 3.68. The van der Waals surface area contributed by atoms with Gasteiger partial charge in [-0.2, -0.15) is 0 Å². The van der Waals surface area contributed by atoms with E-state index < -0.39 is 18.2 Å². The third-order valence-electron chi connectivity index (χ3n) is 4.70. The Bertz CT molecular complexity index is 679. The Labute approximate surface area is 160 Å². The molecule has 0 saturated carbocycles. The summed E-state index contributed by atoms with van der Waals surface area (Å²) in [7, 11) is 0. The fraction of sp³-hybridized carbons (Fsp3) is 0.476. The number of ether oxygens (including phenoxy) is 3. The molecule has 0 aromatic heterocycles. The summed E-state index contributed by atoms with van der Waals surface area (Å²) in [5.74, 6) is -0.715. The Kier molecular flexibility index (Phi) is 6.11. The van der Waals surface area contributed by atoms with E-state index in [0.29, 0.717) is 13.1 Å². The van der Waals surface area contributed by atoms with Crippen molar-refractivity contribution < 1.29 is 18.9 Å². The molecule has 0 N–H and O–H groups in total. The predicted octanol–water partition coefficient (Wildman–Crippen LogP) is 2.69. The summed E-state index contributed by atoms with van der Waals surface area (Å²) in [6.07, 6.45) is 3.99. The van der Waals surface area contributed by atoms with E-state index in [-0.39, 0.29) is 18.7 Å². The first-order chi connectivity index (χ1) is 12.9. The second kappa shape index (κ2) is 8.35. The third-order valence-corrected chi connectivity index (χ3v) is 4.70. The van der Waals surface area contributed by atoms with Gasteiger partial charge in [0.1, 0.15) is 6.10 Å². The molecule has 0 aliphatic carbocycles. The van der Waals surface area contributed by atoms with Gasteiger partial charge in [-0.3, -0.25) is 4.90 Å². The van der Waals surface area contributed by atoms with Crippen LogP contribution in [0.2, 0.25) is 0 Å². The lowest BCUT2D eigenvalue weighted by Crippen LogP contribution is -2.49. The fourth-order valence-corrected chi connectivity index (χ4v) is 3.68. The lowest BCUT2D eigenvalue weighted by molar-refractivity contribution is -0.473. The molecule has 1 aromatic rings. The Morgan fingerprint density at radius 1 is 1.15 bits per heavy atom. The first-order valence-corrected chi connectivity index (χ1v) is 9.23. The van der Waals surface area contributed by atoms with Crippen LogP contribution in [0, 0.1) is 5.21 Å². The highest BCUT2D eigenvalue weighted by Gasteiger charge is 2.56. The molecule has 4 atom stereocenters.